The molecule has 172 valence electrons. The quantitative estimate of drug-likeness (QED) is 0.367. The molecule has 0 bridgehead atoms. The maximum Gasteiger partial charge on any atom is 0.331 e. The lowest BCUT2D eigenvalue weighted by Crippen LogP contribution is -2.29. The monoisotopic (exact) mass is 467 g/mol. The summed E-state index contributed by atoms with van der Waals surface area (Å²) in [6, 6.07) is 13.9. The van der Waals surface area contributed by atoms with Gasteiger partial charge < -0.3 is 9.26 Å². The smallest absolute Gasteiger partial charge is 0.331 e. The molecule has 33 heavy (non-hydrogen) atoms. The first-order chi connectivity index (χ1) is 15.8. The molecular formula is C24H25N3O5S. The number of hydrogen-bond donors (Lipinski definition) is 0. The summed E-state index contributed by atoms with van der Waals surface area (Å²) in [4.78, 5) is 16.4. The lowest BCUT2D eigenvalue weighted by atomic mass is 10.1. The first-order valence-electron chi connectivity index (χ1n) is 10.7. The molecule has 0 fully saturated rings. The molecule has 0 radical (unpaired) electrons. The van der Waals surface area contributed by atoms with Crippen LogP contribution in [0.4, 0.5) is 5.69 Å². The second-order valence-corrected chi connectivity index (χ2v) is 10.0. The Hall–Kier alpha value is -3.46. The van der Waals surface area contributed by atoms with Crippen LogP contribution in [0.15, 0.2) is 64.0 Å². The van der Waals surface area contributed by atoms with Crippen LogP contribution >= 0.6 is 0 Å². The van der Waals surface area contributed by atoms with E-state index in [2.05, 4.69) is 10.1 Å². The Balaban J connectivity index is 1.35. The van der Waals surface area contributed by atoms with Crippen LogP contribution in [0.25, 0.3) is 6.08 Å². The minimum absolute atomic E-state index is 0.108. The number of rotatable bonds is 8. The van der Waals surface area contributed by atoms with Crippen molar-refractivity contribution in [1.82, 2.24) is 10.1 Å². The zero-order chi connectivity index (χ0) is 23.4. The van der Waals surface area contributed by atoms with Gasteiger partial charge in [-0.1, -0.05) is 49.3 Å². The van der Waals surface area contributed by atoms with Crippen LogP contribution in [0.3, 0.4) is 0 Å². The highest BCUT2D eigenvalue weighted by atomic mass is 32.2. The molecule has 0 aliphatic carbocycles. The average Bonchev–Trinajstić information content (AvgIpc) is 3.43. The molecule has 0 saturated heterocycles. The Bertz CT molecular complexity index is 1260. The largest absolute Gasteiger partial charge is 0.452 e. The molecule has 1 aliphatic heterocycles. The number of benzene rings is 2. The minimum atomic E-state index is -3.65. The summed E-state index contributed by atoms with van der Waals surface area (Å²) in [7, 11) is -3.65. The van der Waals surface area contributed by atoms with E-state index in [1.54, 1.807) is 18.2 Å². The van der Waals surface area contributed by atoms with Gasteiger partial charge >= 0.3 is 5.97 Å². The number of anilines is 1. The Morgan fingerprint density at radius 1 is 1.18 bits per heavy atom. The summed E-state index contributed by atoms with van der Waals surface area (Å²) >= 11 is 0. The third-order valence-corrected chi connectivity index (χ3v) is 6.99. The number of carbonyl (C=O) groups excluding carboxylic acids is 1. The summed E-state index contributed by atoms with van der Waals surface area (Å²) in [6.07, 6.45) is 4.21. The molecule has 4 rings (SSSR count). The van der Waals surface area contributed by atoms with Gasteiger partial charge in [0.15, 0.2) is 12.4 Å². The highest BCUT2D eigenvalue weighted by Gasteiger charge is 2.30. The van der Waals surface area contributed by atoms with E-state index in [9.17, 15) is 13.2 Å². The molecule has 0 saturated carbocycles. The van der Waals surface area contributed by atoms with Gasteiger partial charge in [-0.3, -0.25) is 4.31 Å². The Kier molecular flexibility index (Phi) is 6.60. The van der Waals surface area contributed by atoms with Gasteiger partial charge in [0.05, 0.1) is 10.6 Å². The van der Waals surface area contributed by atoms with E-state index in [4.69, 9.17) is 9.26 Å². The predicted molar refractivity (Wildman–Crippen MR) is 123 cm³/mol. The molecule has 0 amide bonds. The predicted octanol–water partition coefficient (Wildman–Crippen LogP) is 3.78. The number of esters is 1. The SMILES string of the molecule is CC(C)Cc1noc(COC(=O)/C=C/c2ccc(S(=O)(=O)N3CCc4ccccc43)cc2)n1. The van der Waals surface area contributed by atoms with Gasteiger partial charge in [-0.15, -0.1) is 0 Å². The maximum absolute atomic E-state index is 13.1. The van der Waals surface area contributed by atoms with Crippen molar-refractivity contribution in [3.05, 3.63) is 77.4 Å². The third kappa shape index (κ3) is 5.31. The zero-order valence-electron chi connectivity index (χ0n) is 18.5. The fourth-order valence-electron chi connectivity index (χ4n) is 3.58. The van der Waals surface area contributed by atoms with Gasteiger partial charge in [0.25, 0.3) is 15.9 Å². The minimum Gasteiger partial charge on any atom is -0.452 e. The van der Waals surface area contributed by atoms with Crippen LogP contribution in [0, 0.1) is 5.92 Å². The second-order valence-electron chi connectivity index (χ2n) is 8.17. The zero-order valence-corrected chi connectivity index (χ0v) is 19.3. The molecule has 2 heterocycles. The molecule has 8 nitrogen and oxygen atoms in total. The van der Waals surface area contributed by atoms with Crippen LogP contribution in [0.2, 0.25) is 0 Å². The number of para-hydroxylation sites is 1. The van der Waals surface area contributed by atoms with E-state index < -0.39 is 16.0 Å². The first-order valence-corrected chi connectivity index (χ1v) is 12.1. The van der Waals surface area contributed by atoms with E-state index in [0.717, 1.165) is 11.3 Å². The van der Waals surface area contributed by atoms with Crippen molar-refractivity contribution in [3.63, 3.8) is 0 Å². The van der Waals surface area contributed by atoms with E-state index in [0.29, 0.717) is 36.7 Å². The van der Waals surface area contributed by atoms with E-state index in [1.165, 1.54) is 22.5 Å². The average molecular weight is 468 g/mol. The standard InChI is InChI=1S/C24H25N3O5S/c1-17(2)15-22-25-23(32-26-22)16-31-24(28)12-9-18-7-10-20(11-8-18)33(29,30)27-14-13-19-5-3-4-6-21(19)27/h3-12,17H,13-16H2,1-2H3/b12-9+. The summed E-state index contributed by atoms with van der Waals surface area (Å²) in [5, 5.41) is 3.85. The number of hydrogen-bond acceptors (Lipinski definition) is 7. The lowest BCUT2D eigenvalue weighted by Gasteiger charge is -2.19. The number of nitrogens with zero attached hydrogens (tertiary/aromatic N) is 3. The molecule has 0 spiro atoms. The van der Waals surface area contributed by atoms with Gasteiger partial charge in [-0.05, 0) is 47.7 Å². The van der Waals surface area contributed by atoms with Gasteiger partial charge in [-0.2, -0.15) is 4.98 Å². The number of sulfonamides is 1. The summed E-state index contributed by atoms with van der Waals surface area (Å²) in [5.41, 5.74) is 2.42. The van der Waals surface area contributed by atoms with Crippen LogP contribution in [0.5, 0.6) is 0 Å². The Labute approximate surface area is 192 Å². The van der Waals surface area contributed by atoms with Crippen molar-refractivity contribution in [2.75, 3.05) is 10.8 Å². The van der Waals surface area contributed by atoms with E-state index in [1.807, 2.05) is 38.1 Å². The summed E-state index contributed by atoms with van der Waals surface area (Å²) in [5.74, 6) is 0.655. The van der Waals surface area contributed by atoms with Gasteiger partial charge in [-0.25, -0.2) is 13.2 Å². The van der Waals surface area contributed by atoms with Crippen LogP contribution in [-0.2, 0) is 39.0 Å². The van der Waals surface area contributed by atoms with E-state index in [-0.39, 0.29) is 17.4 Å². The van der Waals surface area contributed by atoms with Crippen LogP contribution in [-0.4, -0.2) is 31.1 Å². The number of ether oxygens (including phenoxy) is 1. The van der Waals surface area contributed by atoms with Gasteiger partial charge in [0, 0.05) is 19.0 Å². The topological polar surface area (TPSA) is 103 Å². The maximum atomic E-state index is 13.1. The van der Waals surface area contributed by atoms with Crippen molar-refractivity contribution in [1.29, 1.82) is 0 Å². The molecule has 1 aliphatic rings. The highest BCUT2D eigenvalue weighted by Crippen LogP contribution is 2.32. The number of fused-ring (bicyclic) bond motifs is 1. The number of aromatic nitrogens is 2. The van der Waals surface area contributed by atoms with Crippen molar-refractivity contribution in [2.24, 2.45) is 5.92 Å². The molecule has 0 N–H and O–H groups in total. The fraction of sp³-hybridized carbons (Fsp3) is 0.292. The number of carbonyl (C=O) groups is 1. The highest BCUT2D eigenvalue weighted by molar-refractivity contribution is 7.92. The molecule has 2 aromatic carbocycles. The summed E-state index contributed by atoms with van der Waals surface area (Å²) in [6.45, 7) is 4.42. The molecule has 0 unspecified atom stereocenters. The normalized spacial score (nSPS) is 13.6. The third-order valence-electron chi connectivity index (χ3n) is 5.16. The Morgan fingerprint density at radius 3 is 2.70 bits per heavy atom. The first kappa shape index (κ1) is 22.7. The van der Waals surface area contributed by atoms with Crippen LogP contribution < -0.4 is 4.31 Å². The van der Waals surface area contributed by atoms with Crippen molar-refractivity contribution in [3.8, 4) is 0 Å². The molecular weight excluding hydrogens is 442 g/mol. The molecule has 1 aromatic heterocycles. The molecule has 9 heteroatoms. The fourth-order valence-corrected chi connectivity index (χ4v) is 5.08. The Morgan fingerprint density at radius 2 is 1.94 bits per heavy atom. The van der Waals surface area contributed by atoms with Crippen molar-refractivity contribution in [2.45, 2.75) is 38.2 Å². The van der Waals surface area contributed by atoms with Crippen LogP contribution in [0.1, 0.15) is 36.7 Å². The van der Waals surface area contributed by atoms with Gasteiger partial charge in [0.1, 0.15) is 0 Å². The van der Waals surface area contributed by atoms with Gasteiger partial charge in [0.2, 0.25) is 0 Å². The summed E-state index contributed by atoms with van der Waals surface area (Å²) < 4.78 is 37.8. The lowest BCUT2D eigenvalue weighted by molar-refractivity contribution is -0.139. The van der Waals surface area contributed by atoms with Crippen molar-refractivity contribution >= 4 is 27.8 Å². The van der Waals surface area contributed by atoms with E-state index >= 15 is 0 Å². The molecule has 0 atom stereocenters. The molecule has 3 aromatic rings. The second kappa shape index (κ2) is 9.58. The van der Waals surface area contributed by atoms with Crippen molar-refractivity contribution < 1.29 is 22.5 Å².